The van der Waals surface area contributed by atoms with Crippen LogP contribution in [-0.2, 0) is 4.79 Å². The number of benzene rings is 1. The van der Waals surface area contributed by atoms with E-state index in [4.69, 9.17) is 11.5 Å². The molecule has 4 N–H and O–H groups in total. The van der Waals surface area contributed by atoms with Crippen molar-refractivity contribution in [2.75, 3.05) is 5.73 Å². The third-order valence-electron chi connectivity index (χ3n) is 4.15. The fraction of sp³-hybridized carbons (Fsp3) is 0.353. The molecule has 0 aliphatic rings. The zero-order valence-corrected chi connectivity index (χ0v) is 13.4. The Balaban J connectivity index is 2.34. The van der Waals surface area contributed by atoms with Crippen LogP contribution in [0.5, 0.6) is 0 Å². The predicted molar refractivity (Wildman–Crippen MR) is 91.9 cm³/mol. The molecule has 1 unspecified atom stereocenters. The first-order valence-electron chi connectivity index (χ1n) is 7.84. The molecule has 6 heteroatoms. The minimum Gasteiger partial charge on any atom is -0.382 e. The fourth-order valence-electron chi connectivity index (χ4n) is 3.27. The normalized spacial score (nSPS) is 12.8. The second-order valence-electron chi connectivity index (χ2n) is 5.85. The highest BCUT2D eigenvalue weighted by molar-refractivity contribution is 6.06. The molecule has 0 aliphatic carbocycles. The van der Waals surface area contributed by atoms with Crippen molar-refractivity contribution < 1.29 is 4.79 Å². The Labute approximate surface area is 134 Å². The third kappa shape index (κ3) is 2.60. The Hall–Kier alpha value is -2.63. The molecule has 3 rings (SSSR count). The third-order valence-corrected chi connectivity index (χ3v) is 4.15. The van der Waals surface area contributed by atoms with E-state index in [9.17, 15) is 4.79 Å². The summed E-state index contributed by atoms with van der Waals surface area (Å²) < 4.78 is 2.10. The number of aromatic nitrogens is 3. The average molecular weight is 311 g/mol. The zero-order valence-electron chi connectivity index (χ0n) is 13.4. The van der Waals surface area contributed by atoms with E-state index in [2.05, 4.69) is 21.5 Å². The highest BCUT2D eigenvalue weighted by atomic mass is 16.1. The number of imidazole rings is 1. The van der Waals surface area contributed by atoms with E-state index in [-0.39, 0.29) is 18.4 Å². The summed E-state index contributed by atoms with van der Waals surface area (Å²) in [7, 11) is 0. The van der Waals surface area contributed by atoms with Crippen LogP contribution < -0.4 is 11.5 Å². The first-order chi connectivity index (χ1) is 11.0. The molecule has 6 nitrogen and oxygen atoms in total. The highest BCUT2D eigenvalue weighted by Crippen LogP contribution is 2.33. The molecule has 23 heavy (non-hydrogen) atoms. The summed E-state index contributed by atoms with van der Waals surface area (Å²) in [6, 6.07) is 7.82. The number of para-hydroxylation sites is 1. The number of primary amides is 1. The molecule has 0 saturated heterocycles. The fourth-order valence-corrected chi connectivity index (χ4v) is 3.27. The maximum Gasteiger partial charge on any atom is 0.219 e. The molecule has 0 saturated carbocycles. The monoisotopic (exact) mass is 311 g/mol. The predicted octanol–water partition coefficient (Wildman–Crippen LogP) is 2.69. The molecule has 120 valence electrons. The average Bonchev–Trinajstić information content (AvgIpc) is 2.84. The second kappa shape index (κ2) is 5.87. The van der Waals surface area contributed by atoms with Crippen molar-refractivity contribution in [1.29, 1.82) is 0 Å². The lowest BCUT2D eigenvalue weighted by molar-refractivity contribution is -0.118. The SMILES string of the molecule is CCCC(CC(N)=O)n1c(C)nc2c(N)nc3ccccc3c21. The molecular formula is C17H21N5O. The van der Waals surface area contributed by atoms with Gasteiger partial charge in [-0.15, -0.1) is 0 Å². The number of pyridine rings is 1. The maximum atomic E-state index is 11.5. The molecule has 2 heterocycles. The molecular weight excluding hydrogens is 290 g/mol. The standard InChI is InChI=1S/C17H21N5O/c1-3-6-11(9-14(18)23)22-10(2)20-15-16(22)12-7-4-5-8-13(12)21-17(15)19/h4-5,7-8,11H,3,6,9H2,1-2H3,(H2,18,23)(H2,19,21). The smallest absolute Gasteiger partial charge is 0.219 e. The molecule has 0 aliphatic heterocycles. The second-order valence-corrected chi connectivity index (χ2v) is 5.85. The number of rotatable bonds is 5. The topological polar surface area (TPSA) is 99.8 Å². The Morgan fingerprint density at radius 2 is 2.04 bits per heavy atom. The number of aryl methyl sites for hydroxylation is 1. The van der Waals surface area contributed by atoms with E-state index in [1.54, 1.807) is 0 Å². The van der Waals surface area contributed by atoms with Crippen molar-refractivity contribution >= 4 is 33.7 Å². The summed E-state index contributed by atoms with van der Waals surface area (Å²) >= 11 is 0. The summed E-state index contributed by atoms with van der Waals surface area (Å²) in [5.41, 5.74) is 14.0. The van der Waals surface area contributed by atoms with Gasteiger partial charge < -0.3 is 16.0 Å². The Morgan fingerprint density at radius 1 is 1.30 bits per heavy atom. The van der Waals surface area contributed by atoms with Crippen LogP contribution in [0.4, 0.5) is 5.82 Å². The Morgan fingerprint density at radius 3 is 2.74 bits per heavy atom. The number of nitrogens with two attached hydrogens (primary N) is 2. The lowest BCUT2D eigenvalue weighted by atomic mass is 10.1. The van der Waals surface area contributed by atoms with E-state index in [1.165, 1.54) is 0 Å². The molecule has 2 aromatic heterocycles. The number of hydrogen-bond donors (Lipinski definition) is 2. The van der Waals surface area contributed by atoms with Crippen LogP contribution in [0.2, 0.25) is 0 Å². The van der Waals surface area contributed by atoms with Gasteiger partial charge in [0.15, 0.2) is 5.82 Å². The van der Waals surface area contributed by atoms with Crippen molar-refractivity contribution in [3.63, 3.8) is 0 Å². The molecule has 3 aromatic rings. The summed E-state index contributed by atoms with van der Waals surface area (Å²) in [5.74, 6) is 0.926. The van der Waals surface area contributed by atoms with E-state index < -0.39 is 0 Å². The minimum absolute atomic E-state index is 0.0206. The number of nitrogen functional groups attached to an aromatic ring is 1. The molecule has 1 atom stereocenters. The first kappa shape index (κ1) is 15.3. The molecule has 0 bridgehead atoms. The van der Waals surface area contributed by atoms with Gasteiger partial charge in [-0.3, -0.25) is 4.79 Å². The van der Waals surface area contributed by atoms with Gasteiger partial charge in [0.05, 0.1) is 11.0 Å². The van der Waals surface area contributed by atoms with Crippen molar-refractivity contribution in [1.82, 2.24) is 14.5 Å². The number of carbonyl (C=O) groups excluding carboxylic acids is 1. The van der Waals surface area contributed by atoms with Crippen molar-refractivity contribution in [2.45, 2.75) is 39.2 Å². The summed E-state index contributed by atoms with van der Waals surface area (Å²) in [6.45, 7) is 4.02. The van der Waals surface area contributed by atoms with Crippen LogP contribution in [0.3, 0.4) is 0 Å². The lowest BCUT2D eigenvalue weighted by Gasteiger charge is -2.20. The van der Waals surface area contributed by atoms with E-state index >= 15 is 0 Å². The van der Waals surface area contributed by atoms with Crippen LogP contribution in [0.1, 0.15) is 38.1 Å². The van der Waals surface area contributed by atoms with Gasteiger partial charge in [0.1, 0.15) is 11.3 Å². The van der Waals surface area contributed by atoms with Crippen molar-refractivity contribution in [2.24, 2.45) is 5.73 Å². The number of nitrogens with zero attached hydrogens (tertiary/aromatic N) is 3. The van der Waals surface area contributed by atoms with Gasteiger partial charge in [0.25, 0.3) is 0 Å². The van der Waals surface area contributed by atoms with Gasteiger partial charge >= 0.3 is 0 Å². The quantitative estimate of drug-likeness (QED) is 0.756. The van der Waals surface area contributed by atoms with Crippen LogP contribution >= 0.6 is 0 Å². The number of fused-ring (bicyclic) bond motifs is 3. The van der Waals surface area contributed by atoms with E-state index in [1.807, 2.05) is 31.2 Å². The van der Waals surface area contributed by atoms with Gasteiger partial charge in [-0.1, -0.05) is 31.5 Å². The molecule has 0 fully saturated rings. The summed E-state index contributed by atoms with van der Waals surface area (Å²) in [4.78, 5) is 20.5. The summed E-state index contributed by atoms with van der Waals surface area (Å²) in [5, 5.41) is 0.989. The van der Waals surface area contributed by atoms with E-state index in [0.717, 1.165) is 35.1 Å². The number of carbonyl (C=O) groups is 1. The number of anilines is 1. The Kier molecular flexibility index (Phi) is 3.90. The maximum absolute atomic E-state index is 11.5. The van der Waals surface area contributed by atoms with Gasteiger partial charge in [0.2, 0.25) is 5.91 Å². The summed E-state index contributed by atoms with van der Waals surface area (Å²) in [6.07, 6.45) is 2.10. The van der Waals surface area contributed by atoms with Gasteiger partial charge in [-0.05, 0) is 19.4 Å². The largest absolute Gasteiger partial charge is 0.382 e. The molecule has 0 radical (unpaired) electrons. The van der Waals surface area contributed by atoms with Gasteiger partial charge in [-0.25, -0.2) is 9.97 Å². The van der Waals surface area contributed by atoms with Crippen LogP contribution in [-0.4, -0.2) is 20.4 Å². The van der Waals surface area contributed by atoms with Crippen molar-refractivity contribution in [3.8, 4) is 0 Å². The van der Waals surface area contributed by atoms with Crippen molar-refractivity contribution in [3.05, 3.63) is 30.1 Å². The van der Waals surface area contributed by atoms with Gasteiger partial charge in [0, 0.05) is 17.8 Å². The molecule has 0 spiro atoms. The highest BCUT2D eigenvalue weighted by Gasteiger charge is 2.22. The zero-order chi connectivity index (χ0) is 16.6. The van der Waals surface area contributed by atoms with Gasteiger partial charge in [-0.2, -0.15) is 0 Å². The minimum atomic E-state index is -0.309. The van der Waals surface area contributed by atoms with E-state index in [0.29, 0.717) is 11.3 Å². The van der Waals surface area contributed by atoms with Crippen LogP contribution in [0.25, 0.3) is 21.9 Å². The Bertz CT molecular complexity index is 883. The number of hydrogen-bond acceptors (Lipinski definition) is 4. The first-order valence-corrected chi connectivity index (χ1v) is 7.84. The molecule has 1 aromatic carbocycles. The number of amides is 1. The molecule has 1 amide bonds. The lowest BCUT2D eigenvalue weighted by Crippen LogP contribution is -2.20. The van der Waals surface area contributed by atoms with Crippen LogP contribution in [0, 0.1) is 6.92 Å². The van der Waals surface area contributed by atoms with Crippen LogP contribution in [0.15, 0.2) is 24.3 Å².